The van der Waals surface area contributed by atoms with Crippen molar-refractivity contribution in [2.45, 2.75) is 12.7 Å². The summed E-state index contributed by atoms with van der Waals surface area (Å²) in [5, 5.41) is 2.53. The van der Waals surface area contributed by atoms with Gasteiger partial charge in [-0.25, -0.2) is 8.42 Å². The molecular weight excluding hydrogens is 266 g/mol. The molecule has 1 aromatic rings. The Kier molecular flexibility index (Phi) is 4.36. The molecule has 0 saturated carbocycles. The van der Waals surface area contributed by atoms with E-state index in [1.54, 1.807) is 18.2 Å². The fourth-order valence-electron chi connectivity index (χ4n) is 1.37. The van der Waals surface area contributed by atoms with E-state index in [-0.39, 0.29) is 11.7 Å². The van der Waals surface area contributed by atoms with E-state index in [1.807, 2.05) is 0 Å². The molecule has 0 atom stereocenters. The second-order valence-electron chi connectivity index (χ2n) is 3.36. The van der Waals surface area contributed by atoms with E-state index in [2.05, 4.69) is 5.32 Å². The molecule has 0 aliphatic carbocycles. The molecule has 0 heterocycles. The first-order chi connectivity index (χ1) is 7.83. The van der Waals surface area contributed by atoms with Crippen molar-refractivity contribution in [3.05, 3.63) is 23.8 Å². The van der Waals surface area contributed by atoms with Gasteiger partial charge in [-0.15, -0.1) is 0 Å². The van der Waals surface area contributed by atoms with E-state index < -0.39 is 9.05 Å². The minimum atomic E-state index is -3.70. The van der Waals surface area contributed by atoms with E-state index in [4.69, 9.17) is 15.4 Å². The molecule has 7 heteroatoms. The summed E-state index contributed by atoms with van der Waals surface area (Å²) in [5.74, 6) is -0.304. The van der Waals surface area contributed by atoms with Crippen LogP contribution in [0.15, 0.2) is 18.2 Å². The predicted molar refractivity (Wildman–Crippen MR) is 65.8 cm³/mol. The molecule has 0 saturated heterocycles. The van der Waals surface area contributed by atoms with Gasteiger partial charge in [0.15, 0.2) is 0 Å². The Balaban J connectivity index is 3.23. The quantitative estimate of drug-likeness (QED) is 0.851. The number of hydrogen-bond acceptors (Lipinski definition) is 4. The summed E-state index contributed by atoms with van der Waals surface area (Å²) in [6.07, 6.45) is 0. The molecule has 0 fully saturated rings. The maximum atomic E-state index is 11.1. The number of carbonyl (C=O) groups is 1. The van der Waals surface area contributed by atoms with E-state index in [0.29, 0.717) is 17.0 Å². The Morgan fingerprint density at radius 1 is 1.47 bits per heavy atom. The highest BCUT2D eigenvalue weighted by Crippen LogP contribution is 2.30. The molecule has 0 spiro atoms. The van der Waals surface area contributed by atoms with Crippen molar-refractivity contribution in [1.82, 2.24) is 0 Å². The van der Waals surface area contributed by atoms with Crippen LogP contribution in [0, 0.1) is 0 Å². The maximum absolute atomic E-state index is 11.1. The first-order valence-electron chi connectivity index (χ1n) is 4.69. The topological polar surface area (TPSA) is 72.5 Å². The fourth-order valence-corrected chi connectivity index (χ4v) is 2.34. The summed E-state index contributed by atoms with van der Waals surface area (Å²) in [5.41, 5.74) is 0.710. The molecule has 0 aliphatic rings. The molecule has 0 radical (unpaired) electrons. The monoisotopic (exact) mass is 277 g/mol. The number of benzene rings is 1. The highest BCUT2D eigenvalue weighted by molar-refractivity contribution is 8.13. The van der Waals surface area contributed by atoms with Gasteiger partial charge in [-0.3, -0.25) is 4.79 Å². The minimum absolute atomic E-state index is 0.317. The zero-order chi connectivity index (χ0) is 13.1. The number of methoxy groups -OCH3 is 1. The molecule has 0 bridgehead atoms. The number of para-hydroxylation sites is 1. The molecule has 5 nitrogen and oxygen atoms in total. The smallest absolute Gasteiger partial charge is 0.236 e. The third kappa shape index (κ3) is 4.24. The van der Waals surface area contributed by atoms with Crippen LogP contribution in [0.3, 0.4) is 0 Å². The molecule has 0 unspecified atom stereocenters. The molecular formula is C10H12ClNO4S. The molecule has 17 heavy (non-hydrogen) atoms. The van der Waals surface area contributed by atoms with Crippen LogP contribution in [0.25, 0.3) is 0 Å². The second-order valence-corrected chi connectivity index (χ2v) is 6.14. The number of rotatable bonds is 4. The molecule has 1 N–H and O–H groups in total. The van der Waals surface area contributed by atoms with Gasteiger partial charge in [0, 0.05) is 17.6 Å². The average molecular weight is 278 g/mol. The first kappa shape index (κ1) is 13.8. The summed E-state index contributed by atoms with van der Waals surface area (Å²) in [6.45, 7) is 1.32. The molecule has 94 valence electrons. The number of ether oxygens (including phenoxy) is 1. The van der Waals surface area contributed by atoms with Crippen molar-refractivity contribution >= 4 is 31.3 Å². The predicted octanol–water partition coefficient (Wildman–Crippen LogP) is 1.72. The highest BCUT2D eigenvalue weighted by atomic mass is 35.7. The van der Waals surface area contributed by atoms with Crippen LogP contribution in [-0.2, 0) is 19.6 Å². The summed E-state index contributed by atoms with van der Waals surface area (Å²) < 4.78 is 27.1. The van der Waals surface area contributed by atoms with Gasteiger partial charge in [0.25, 0.3) is 0 Å². The van der Waals surface area contributed by atoms with Gasteiger partial charge in [0.05, 0.1) is 18.6 Å². The van der Waals surface area contributed by atoms with Crippen LogP contribution in [0.5, 0.6) is 5.75 Å². The van der Waals surface area contributed by atoms with Crippen molar-refractivity contribution in [2.24, 2.45) is 0 Å². The van der Waals surface area contributed by atoms with Crippen molar-refractivity contribution in [3.63, 3.8) is 0 Å². The average Bonchev–Trinajstić information content (AvgIpc) is 2.17. The third-order valence-electron chi connectivity index (χ3n) is 1.96. The summed E-state index contributed by atoms with van der Waals surface area (Å²) in [4.78, 5) is 11.1. The fraction of sp³-hybridized carbons (Fsp3) is 0.300. The summed E-state index contributed by atoms with van der Waals surface area (Å²) in [6, 6.07) is 4.81. The lowest BCUT2D eigenvalue weighted by Gasteiger charge is -2.13. The van der Waals surface area contributed by atoms with E-state index >= 15 is 0 Å². The largest absolute Gasteiger partial charge is 0.495 e. The summed E-state index contributed by atoms with van der Waals surface area (Å²) >= 11 is 0. The Morgan fingerprint density at radius 3 is 2.59 bits per heavy atom. The molecule has 0 aliphatic heterocycles. The first-order valence-corrected chi connectivity index (χ1v) is 7.17. The third-order valence-corrected chi connectivity index (χ3v) is 2.94. The lowest BCUT2D eigenvalue weighted by Crippen LogP contribution is -2.10. The van der Waals surface area contributed by atoms with Crippen molar-refractivity contribution in [2.75, 3.05) is 12.4 Å². The van der Waals surface area contributed by atoms with Gasteiger partial charge in [0.2, 0.25) is 15.0 Å². The number of hydrogen-bond donors (Lipinski definition) is 1. The summed E-state index contributed by atoms with van der Waals surface area (Å²) in [7, 11) is 2.93. The van der Waals surface area contributed by atoms with E-state index in [0.717, 1.165) is 0 Å². The number of amides is 1. The van der Waals surface area contributed by atoms with Crippen LogP contribution in [0.4, 0.5) is 5.69 Å². The Bertz CT molecular complexity index is 527. The van der Waals surface area contributed by atoms with Crippen LogP contribution >= 0.6 is 10.7 Å². The Labute approximate surface area is 104 Å². The zero-order valence-electron chi connectivity index (χ0n) is 9.36. The van der Waals surface area contributed by atoms with Crippen molar-refractivity contribution in [1.29, 1.82) is 0 Å². The maximum Gasteiger partial charge on any atom is 0.236 e. The van der Waals surface area contributed by atoms with Crippen molar-refractivity contribution < 1.29 is 17.9 Å². The molecule has 1 aromatic carbocycles. The van der Waals surface area contributed by atoms with Crippen LogP contribution < -0.4 is 10.1 Å². The van der Waals surface area contributed by atoms with Gasteiger partial charge in [-0.05, 0) is 11.6 Å². The number of halogens is 1. The van der Waals surface area contributed by atoms with E-state index in [9.17, 15) is 13.2 Å². The SMILES string of the molecule is COc1cccc(CS(=O)(=O)Cl)c1NC(C)=O. The number of nitrogens with one attached hydrogen (secondary N) is 1. The van der Waals surface area contributed by atoms with Crippen molar-refractivity contribution in [3.8, 4) is 5.75 Å². The van der Waals surface area contributed by atoms with Gasteiger partial charge in [0.1, 0.15) is 5.75 Å². The molecule has 1 rings (SSSR count). The van der Waals surface area contributed by atoms with Crippen LogP contribution in [0.1, 0.15) is 12.5 Å². The molecule has 0 aromatic heterocycles. The normalized spacial score (nSPS) is 11.0. The highest BCUT2D eigenvalue weighted by Gasteiger charge is 2.15. The number of carbonyl (C=O) groups excluding carboxylic acids is 1. The Hall–Kier alpha value is -1.27. The zero-order valence-corrected chi connectivity index (χ0v) is 10.9. The lowest BCUT2D eigenvalue weighted by molar-refractivity contribution is -0.114. The van der Waals surface area contributed by atoms with E-state index in [1.165, 1.54) is 14.0 Å². The number of anilines is 1. The van der Waals surface area contributed by atoms with Crippen LogP contribution in [-0.4, -0.2) is 21.4 Å². The standard InChI is InChI=1S/C10H12ClNO4S/c1-7(13)12-10-8(6-17(11,14)15)4-3-5-9(10)16-2/h3-5H,6H2,1-2H3,(H,12,13). The minimum Gasteiger partial charge on any atom is -0.495 e. The second kappa shape index (κ2) is 5.37. The van der Waals surface area contributed by atoms with Gasteiger partial charge in [-0.1, -0.05) is 12.1 Å². The Morgan fingerprint density at radius 2 is 2.12 bits per heavy atom. The lowest BCUT2D eigenvalue weighted by atomic mass is 10.2. The van der Waals surface area contributed by atoms with Crippen LogP contribution in [0.2, 0.25) is 0 Å². The van der Waals surface area contributed by atoms with Gasteiger partial charge in [-0.2, -0.15) is 0 Å². The van der Waals surface area contributed by atoms with Gasteiger partial charge < -0.3 is 10.1 Å². The van der Waals surface area contributed by atoms with Gasteiger partial charge >= 0.3 is 0 Å². The molecule has 1 amide bonds.